The molecule has 3 aromatic heterocycles. The molecule has 0 saturated carbocycles. The Bertz CT molecular complexity index is 1130. The highest BCUT2D eigenvalue weighted by atomic mass is 32.2. The molecule has 0 atom stereocenters. The number of fused-ring (bicyclic) bond motifs is 1. The summed E-state index contributed by atoms with van der Waals surface area (Å²) >= 11 is 0. The maximum Gasteiger partial charge on any atom is 0.417 e. The lowest BCUT2D eigenvalue weighted by Gasteiger charge is -2.09. The van der Waals surface area contributed by atoms with E-state index in [1.807, 2.05) is 0 Å². The highest BCUT2D eigenvalue weighted by Crippen LogP contribution is 2.32. The molecule has 3 heterocycles. The Morgan fingerprint density at radius 3 is 2.62 bits per heavy atom. The summed E-state index contributed by atoms with van der Waals surface area (Å²) in [4.78, 5) is 3.92. The molecular formula is C15H14F3N5O2S. The van der Waals surface area contributed by atoms with Crippen LogP contribution < -0.4 is 5.14 Å². The molecule has 0 saturated heterocycles. The third-order valence-corrected chi connectivity index (χ3v) is 4.26. The lowest BCUT2D eigenvalue weighted by atomic mass is 10.2. The largest absolute Gasteiger partial charge is 0.417 e. The number of nitrogens with zero attached hydrogens (tertiary/aromatic N) is 4. The zero-order valence-corrected chi connectivity index (χ0v) is 14.5. The fourth-order valence-electron chi connectivity index (χ4n) is 2.66. The van der Waals surface area contributed by atoms with Crippen LogP contribution in [0.15, 0.2) is 29.9 Å². The second kappa shape index (κ2) is 5.95. The van der Waals surface area contributed by atoms with E-state index in [0.717, 1.165) is 17.7 Å². The summed E-state index contributed by atoms with van der Waals surface area (Å²) in [5.41, 5.74) is 0.418. The molecule has 0 aliphatic carbocycles. The summed E-state index contributed by atoms with van der Waals surface area (Å²) in [7, 11) is -2.22. The van der Waals surface area contributed by atoms with Crippen LogP contribution in [0.5, 0.6) is 0 Å². The van der Waals surface area contributed by atoms with Crippen molar-refractivity contribution in [3.05, 3.63) is 46.8 Å². The van der Waals surface area contributed by atoms with Crippen LogP contribution in [0.1, 0.15) is 16.8 Å². The van der Waals surface area contributed by atoms with Crippen LogP contribution >= 0.6 is 0 Å². The number of hydrogen-bond donors (Lipinski definition) is 1. The van der Waals surface area contributed by atoms with Crippen LogP contribution in [0.3, 0.4) is 0 Å². The lowest BCUT2D eigenvalue weighted by molar-refractivity contribution is -0.137. The molecule has 0 spiro atoms. The molecule has 0 amide bonds. The predicted molar refractivity (Wildman–Crippen MR) is 89.7 cm³/mol. The van der Waals surface area contributed by atoms with E-state index < -0.39 is 21.8 Å². The topological polar surface area (TPSA) is 95.8 Å². The lowest BCUT2D eigenvalue weighted by Crippen LogP contribution is -2.08. The van der Waals surface area contributed by atoms with Crippen molar-refractivity contribution in [2.75, 3.05) is 0 Å². The summed E-state index contributed by atoms with van der Waals surface area (Å²) in [6.07, 6.45) is -0.900. The van der Waals surface area contributed by atoms with Gasteiger partial charge < -0.3 is 0 Å². The zero-order chi connectivity index (χ0) is 19.3. The molecule has 7 nitrogen and oxygen atoms in total. The van der Waals surface area contributed by atoms with E-state index in [0.29, 0.717) is 22.5 Å². The van der Waals surface area contributed by atoms with Gasteiger partial charge >= 0.3 is 6.18 Å². The fourth-order valence-corrected chi connectivity index (χ4v) is 2.98. The number of primary sulfonamides is 1. The van der Waals surface area contributed by atoms with Crippen molar-refractivity contribution < 1.29 is 21.6 Å². The minimum absolute atomic E-state index is 0.284. The zero-order valence-electron chi connectivity index (χ0n) is 13.7. The van der Waals surface area contributed by atoms with Crippen molar-refractivity contribution in [2.45, 2.75) is 13.1 Å². The number of hydrogen-bond acceptors (Lipinski definition) is 4. The molecule has 3 aromatic rings. The number of sulfonamides is 1. The number of rotatable bonds is 3. The van der Waals surface area contributed by atoms with Crippen molar-refractivity contribution >= 4 is 27.1 Å². The Kier molecular flexibility index (Phi) is 4.15. The molecule has 0 fully saturated rings. The van der Waals surface area contributed by atoms with E-state index in [4.69, 9.17) is 5.14 Å². The average Bonchev–Trinajstić information content (AvgIpc) is 3.03. The Hall–Kier alpha value is -2.66. The third kappa shape index (κ3) is 3.35. The van der Waals surface area contributed by atoms with E-state index in [9.17, 15) is 21.6 Å². The number of aryl methyl sites for hydroxylation is 2. The highest BCUT2D eigenvalue weighted by molar-refractivity contribution is 7.92. The molecule has 0 aromatic carbocycles. The highest BCUT2D eigenvalue weighted by Gasteiger charge is 2.31. The second-order valence-electron chi connectivity index (χ2n) is 5.66. The van der Waals surface area contributed by atoms with Gasteiger partial charge in [-0.25, -0.2) is 18.5 Å². The first-order chi connectivity index (χ1) is 12.0. The Balaban J connectivity index is 2.20. The normalized spacial score (nSPS) is 13.2. The first-order valence-corrected chi connectivity index (χ1v) is 8.87. The molecule has 0 aliphatic rings. The van der Waals surface area contributed by atoms with E-state index >= 15 is 0 Å². The van der Waals surface area contributed by atoms with Gasteiger partial charge in [0.05, 0.1) is 11.3 Å². The van der Waals surface area contributed by atoms with Crippen LogP contribution in [-0.2, 0) is 23.2 Å². The molecule has 2 N–H and O–H groups in total. The summed E-state index contributed by atoms with van der Waals surface area (Å²) in [5.74, 6) is 0.449. The summed E-state index contributed by atoms with van der Waals surface area (Å²) in [5, 5.41) is 10.3. The minimum Gasteiger partial charge on any atom is -0.285 e. The smallest absolute Gasteiger partial charge is 0.285 e. The monoisotopic (exact) mass is 385 g/mol. The van der Waals surface area contributed by atoms with Gasteiger partial charge in [0, 0.05) is 35.8 Å². The average molecular weight is 385 g/mol. The van der Waals surface area contributed by atoms with Gasteiger partial charge in [-0.1, -0.05) is 0 Å². The van der Waals surface area contributed by atoms with Crippen LogP contribution in [0.2, 0.25) is 0 Å². The van der Waals surface area contributed by atoms with Gasteiger partial charge in [0.2, 0.25) is 10.0 Å². The van der Waals surface area contributed by atoms with Crippen LogP contribution in [0, 0.1) is 6.92 Å². The van der Waals surface area contributed by atoms with E-state index in [1.54, 1.807) is 20.2 Å². The molecule has 138 valence electrons. The van der Waals surface area contributed by atoms with Gasteiger partial charge in [-0.05, 0) is 25.1 Å². The van der Waals surface area contributed by atoms with Crippen LogP contribution in [0.25, 0.3) is 22.9 Å². The maximum absolute atomic E-state index is 12.9. The third-order valence-electron chi connectivity index (χ3n) is 3.74. The molecule has 0 bridgehead atoms. The Labute approximate surface area is 146 Å². The number of halogens is 3. The van der Waals surface area contributed by atoms with E-state index in [-0.39, 0.29) is 5.65 Å². The molecule has 26 heavy (non-hydrogen) atoms. The van der Waals surface area contributed by atoms with Crippen molar-refractivity contribution in [3.8, 4) is 5.82 Å². The van der Waals surface area contributed by atoms with Crippen LogP contribution in [0.4, 0.5) is 13.2 Å². The first-order valence-electron chi connectivity index (χ1n) is 7.26. The van der Waals surface area contributed by atoms with Gasteiger partial charge in [-0.3, -0.25) is 9.25 Å². The summed E-state index contributed by atoms with van der Waals surface area (Å²) < 4.78 is 64.0. The van der Waals surface area contributed by atoms with Crippen LogP contribution in [-0.4, -0.2) is 27.7 Å². The predicted octanol–water partition coefficient (Wildman–Crippen LogP) is 2.35. The summed E-state index contributed by atoms with van der Waals surface area (Å²) in [6.45, 7) is 1.67. The van der Waals surface area contributed by atoms with Crippen molar-refractivity contribution in [1.29, 1.82) is 0 Å². The minimum atomic E-state index is -4.49. The Morgan fingerprint density at radius 2 is 2.00 bits per heavy atom. The van der Waals surface area contributed by atoms with Gasteiger partial charge in [-0.15, -0.1) is 0 Å². The van der Waals surface area contributed by atoms with Gasteiger partial charge in [0.1, 0.15) is 11.5 Å². The first kappa shape index (κ1) is 18.1. The standard InChI is InChI=1S/C15H14F3N5O2S/c1-9-12(4-6-26(19,24)25)14(22(2)21-9)23-5-3-10-7-11(15(16,17)18)8-20-13(10)23/h3-8H,1-2H3,(H2,19,24,25). The molecular weight excluding hydrogens is 371 g/mol. The molecule has 0 unspecified atom stereocenters. The van der Waals surface area contributed by atoms with Crippen molar-refractivity contribution in [2.24, 2.45) is 12.2 Å². The molecule has 0 radical (unpaired) electrons. The van der Waals surface area contributed by atoms with Crippen molar-refractivity contribution in [1.82, 2.24) is 19.3 Å². The molecule has 0 aliphatic heterocycles. The second-order valence-corrected chi connectivity index (χ2v) is 7.11. The Morgan fingerprint density at radius 1 is 1.31 bits per heavy atom. The molecule has 3 rings (SSSR count). The quantitative estimate of drug-likeness (QED) is 0.749. The molecule has 11 heteroatoms. The summed E-state index contributed by atoms with van der Waals surface area (Å²) in [6, 6.07) is 2.50. The van der Waals surface area contributed by atoms with Crippen molar-refractivity contribution in [3.63, 3.8) is 0 Å². The maximum atomic E-state index is 12.9. The number of aromatic nitrogens is 4. The number of alkyl halides is 3. The number of pyridine rings is 1. The van der Waals surface area contributed by atoms with Gasteiger partial charge in [0.15, 0.2) is 0 Å². The number of nitrogens with two attached hydrogens (primary N) is 1. The van der Waals surface area contributed by atoms with Gasteiger partial charge in [-0.2, -0.15) is 18.3 Å². The SMILES string of the molecule is Cc1nn(C)c(-n2ccc3cc(C(F)(F)F)cnc32)c1C=CS(N)(=O)=O. The van der Waals surface area contributed by atoms with E-state index in [2.05, 4.69) is 10.1 Å². The fraction of sp³-hybridized carbons (Fsp3) is 0.200. The van der Waals surface area contributed by atoms with Gasteiger partial charge in [0.25, 0.3) is 0 Å². The van der Waals surface area contributed by atoms with E-state index in [1.165, 1.54) is 21.4 Å².